The molecule has 0 aliphatic carbocycles. The van der Waals surface area contributed by atoms with Gasteiger partial charge in [-0.2, -0.15) is 0 Å². The number of benzene rings is 6. The van der Waals surface area contributed by atoms with Gasteiger partial charge in [0.15, 0.2) is 17.5 Å². The molecular weight excluding hydrogens is 592 g/mol. The zero-order valence-corrected chi connectivity index (χ0v) is 25.5. The van der Waals surface area contributed by atoms with E-state index in [1.165, 1.54) is 0 Å². The quantitative estimate of drug-likeness (QED) is 0.196. The Morgan fingerprint density at radius 2 is 0.917 bits per heavy atom. The molecule has 0 bridgehead atoms. The zero-order valence-electron chi connectivity index (χ0n) is 25.5. The number of fused-ring (bicyclic) bond motifs is 8. The highest BCUT2D eigenvalue weighted by molar-refractivity contribution is 6.21. The average molecular weight is 617 g/mol. The summed E-state index contributed by atoms with van der Waals surface area (Å²) < 4.78 is 12.8. The van der Waals surface area contributed by atoms with E-state index in [9.17, 15) is 0 Å². The lowest BCUT2D eigenvalue weighted by Crippen LogP contribution is -2.00. The molecule has 4 heterocycles. The summed E-state index contributed by atoms with van der Waals surface area (Å²) in [5, 5.41) is 4.95. The molecule has 6 heteroatoms. The number of para-hydroxylation sites is 2. The number of furan rings is 2. The van der Waals surface area contributed by atoms with Crippen LogP contribution in [0.1, 0.15) is 0 Å². The van der Waals surface area contributed by atoms with Gasteiger partial charge in [0, 0.05) is 43.8 Å². The van der Waals surface area contributed by atoms with Gasteiger partial charge in [-0.15, -0.1) is 0 Å². The van der Waals surface area contributed by atoms with E-state index < -0.39 is 0 Å². The standard InChI is InChI=1S/C42H24N4O2/c1-3-12-25(13-4-1)40-44-41(26-14-5-2-6-15-26)46-42(45-40)28-17-11-16-27(22-28)38-37-30-19-8-10-21-35(30)48-39(37)32-24-36-31(23-33(32)43-38)29-18-7-9-20-34(29)47-36/h1-24H. The molecule has 0 N–H and O–H groups in total. The highest BCUT2D eigenvalue weighted by Gasteiger charge is 2.21. The third-order valence-electron chi connectivity index (χ3n) is 8.90. The van der Waals surface area contributed by atoms with Crippen molar-refractivity contribution in [3.63, 3.8) is 0 Å². The number of hydrogen-bond donors (Lipinski definition) is 0. The van der Waals surface area contributed by atoms with Crippen molar-refractivity contribution in [1.82, 2.24) is 19.9 Å². The molecule has 0 unspecified atom stereocenters. The molecule has 0 fully saturated rings. The van der Waals surface area contributed by atoms with Crippen molar-refractivity contribution in [2.45, 2.75) is 0 Å². The van der Waals surface area contributed by atoms with Crippen molar-refractivity contribution < 1.29 is 8.83 Å². The highest BCUT2D eigenvalue weighted by atomic mass is 16.3. The van der Waals surface area contributed by atoms with E-state index in [0.29, 0.717) is 17.5 Å². The van der Waals surface area contributed by atoms with Gasteiger partial charge in [0.05, 0.1) is 16.6 Å². The SMILES string of the molecule is c1ccc(-c2nc(-c3ccccc3)nc(-c3cccc(-c4nc5cc6c(cc5c5oc7ccccc7c45)oc4ccccc46)c3)n2)cc1. The summed E-state index contributed by atoms with van der Waals surface area (Å²) in [5.74, 6) is 1.83. The molecule has 0 aliphatic heterocycles. The van der Waals surface area contributed by atoms with Crippen LogP contribution in [0.15, 0.2) is 154 Å². The van der Waals surface area contributed by atoms with E-state index in [4.69, 9.17) is 28.8 Å². The van der Waals surface area contributed by atoms with Crippen LogP contribution >= 0.6 is 0 Å². The fraction of sp³-hybridized carbons (Fsp3) is 0. The minimum absolute atomic E-state index is 0.588. The highest BCUT2D eigenvalue weighted by Crippen LogP contribution is 2.42. The average Bonchev–Trinajstić information content (AvgIpc) is 3.73. The van der Waals surface area contributed by atoms with Gasteiger partial charge in [-0.1, -0.05) is 115 Å². The maximum absolute atomic E-state index is 6.58. The smallest absolute Gasteiger partial charge is 0.164 e. The van der Waals surface area contributed by atoms with Crippen LogP contribution in [0, 0.1) is 0 Å². The minimum Gasteiger partial charge on any atom is -0.456 e. The van der Waals surface area contributed by atoms with Crippen molar-refractivity contribution in [1.29, 1.82) is 0 Å². The Morgan fingerprint density at radius 1 is 0.354 bits per heavy atom. The second-order valence-electron chi connectivity index (χ2n) is 11.8. The number of nitrogens with zero attached hydrogens (tertiary/aromatic N) is 4. The predicted molar refractivity (Wildman–Crippen MR) is 191 cm³/mol. The maximum Gasteiger partial charge on any atom is 0.164 e. The Bertz CT molecular complexity index is 2780. The molecule has 224 valence electrons. The molecule has 10 rings (SSSR count). The second kappa shape index (κ2) is 10.4. The first kappa shape index (κ1) is 26.5. The molecular formula is C42H24N4O2. The van der Waals surface area contributed by atoms with Gasteiger partial charge in [0.2, 0.25) is 0 Å². The molecule has 0 amide bonds. The minimum atomic E-state index is 0.588. The number of pyridine rings is 1. The Hall–Kier alpha value is -6.66. The number of rotatable bonds is 4. The van der Waals surface area contributed by atoms with Crippen LogP contribution in [0.5, 0.6) is 0 Å². The largest absolute Gasteiger partial charge is 0.456 e. The van der Waals surface area contributed by atoms with Crippen molar-refractivity contribution in [3.05, 3.63) is 146 Å². The van der Waals surface area contributed by atoms with Crippen LogP contribution in [0.3, 0.4) is 0 Å². The van der Waals surface area contributed by atoms with Crippen LogP contribution in [0.25, 0.3) is 100 Å². The molecule has 6 nitrogen and oxygen atoms in total. The van der Waals surface area contributed by atoms with Crippen LogP contribution in [-0.2, 0) is 0 Å². The summed E-state index contributed by atoms with van der Waals surface area (Å²) in [6.45, 7) is 0. The van der Waals surface area contributed by atoms with Gasteiger partial charge < -0.3 is 8.83 Å². The summed E-state index contributed by atoms with van der Waals surface area (Å²) in [5.41, 5.74) is 8.55. The lowest BCUT2D eigenvalue weighted by Gasteiger charge is -2.10. The fourth-order valence-corrected chi connectivity index (χ4v) is 6.63. The van der Waals surface area contributed by atoms with Gasteiger partial charge >= 0.3 is 0 Å². The summed E-state index contributed by atoms with van der Waals surface area (Å²) in [6.07, 6.45) is 0. The van der Waals surface area contributed by atoms with Gasteiger partial charge in [0.25, 0.3) is 0 Å². The molecule has 0 radical (unpaired) electrons. The third kappa shape index (κ3) is 4.20. The van der Waals surface area contributed by atoms with E-state index in [0.717, 1.165) is 82.7 Å². The maximum atomic E-state index is 6.58. The number of aromatic nitrogens is 4. The summed E-state index contributed by atoms with van der Waals surface area (Å²) >= 11 is 0. The molecule has 48 heavy (non-hydrogen) atoms. The van der Waals surface area contributed by atoms with E-state index in [-0.39, 0.29) is 0 Å². The van der Waals surface area contributed by atoms with Crippen LogP contribution in [0.4, 0.5) is 0 Å². The van der Waals surface area contributed by atoms with Crippen molar-refractivity contribution >= 4 is 54.8 Å². The van der Waals surface area contributed by atoms with E-state index in [1.54, 1.807) is 0 Å². The molecule has 0 spiro atoms. The molecule has 6 aromatic carbocycles. The first-order chi connectivity index (χ1) is 23.8. The first-order valence-corrected chi connectivity index (χ1v) is 15.8. The molecule has 0 atom stereocenters. The van der Waals surface area contributed by atoms with Crippen LogP contribution < -0.4 is 0 Å². The van der Waals surface area contributed by atoms with Gasteiger partial charge in [-0.25, -0.2) is 19.9 Å². The Kier molecular flexibility index (Phi) is 5.77. The zero-order chi connectivity index (χ0) is 31.6. The predicted octanol–water partition coefficient (Wildman–Crippen LogP) is 10.9. The first-order valence-electron chi connectivity index (χ1n) is 15.8. The number of hydrogen-bond acceptors (Lipinski definition) is 6. The monoisotopic (exact) mass is 616 g/mol. The van der Waals surface area contributed by atoms with E-state index >= 15 is 0 Å². The fourth-order valence-electron chi connectivity index (χ4n) is 6.63. The van der Waals surface area contributed by atoms with Crippen LogP contribution in [0.2, 0.25) is 0 Å². The molecule has 0 aliphatic rings. The van der Waals surface area contributed by atoms with Gasteiger partial charge in [-0.3, -0.25) is 0 Å². The van der Waals surface area contributed by atoms with Crippen molar-refractivity contribution in [2.24, 2.45) is 0 Å². The normalized spacial score (nSPS) is 11.8. The third-order valence-corrected chi connectivity index (χ3v) is 8.90. The lowest BCUT2D eigenvalue weighted by atomic mass is 10.00. The van der Waals surface area contributed by atoms with Crippen LogP contribution in [-0.4, -0.2) is 19.9 Å². The molecule has 0 saturated carbocycles. The van der Waals surface area contributed by atoms with E-state index in [2.05, 4.69) is 36.4 Å². The molecule has 0 saturated heterocycles. The second-order valence-corrected chi connectivity index (χ2v) is 11.8. The van der Waals surface area contributed by atoms with Gasteiger partial charge in [-0.05, 0) is 30.3 Å². The van der Waals surface area contributed by atoms with E-state index in [1.807, 2.05) is 109 Å². The van der Waals surface area contributed by atoms with Crippen molar-refractivity contribution in [3.8, 4) is 45.4 Å². The molecule has 4 aromatic heterocycles. The Labute approximate surface area is 274 Å². The molecule has 10 aromatic rings. The summed E-state index contributed by atoms with van der Waals surface area (Å²) in [6, 6.07) is 48.7. The Morgan fingerprint density at radius 3 is 1.62 bits per heavy atom. The van der Waals surface area contributed by atoms with Crippen molar-refractivity contribution in [2.75, 3.05) is 0 Å². The lowest BCUT2D eigenvalue weighted by molar-refractivity contribution is 0.666. The summed E-state index contributed by atoms with van der Waals surface area (Å²) in [4.78, 5) is 20.2. The summed E-state index contributed by atoms with van der Waals surface area (Å²) in [7, 11) is 0. The topological polar surface area (TPSA) is 77.8 Å². The Balaban J connectivity index is 1.22. The van der Waals surface area contributed by atoms with Gasteiger partial charge in [0.1, 0.15) is 22.3 Å².